The van der Waals surface area contributed by atoms with Gasteiger partial charge in [0.25, 0.3) is 0 Å². The minimum absolute atomic E-state index is 0.0167. The summed E-state index contributed by atoms with van der Waals surface area (Å²) in [6.07, 6.45) is 3.74. The van der Waals surface area contributed by atoms with Crippen LogP contribution in [0.2, 0.25) is 0 Å². The van der Waals surface area contributed by atoms with Crippen molar-refractivity contribution < 1.29 is 4.79 Å². The lowest BCUT2D eigenvalue weighted by Gasteiger charge is -2.26. The minimum atomic E-state index is -0.0167. The molecule has 1 aromatic rings. The summed E-state index contributed by atoms with van der Waals surface area (Å²) < 4.78 is 0. The molecule has 1 N–H and O–H groups in total. The van der Waals surface area contributed by atoms with Gasteiger partial charge in [-0.05, 0) is 31.4 Å². The van der Waals surface area contributed by atoms with Gasteiger partial charge in [-0.25, -0.2) is 4.79 Å². The van der Waals surface area contributed by atoms with Gasteiger partial charge < -0.3 is 15.1 Å². The van der Waals surface area contributed by atoms with Crippen molar-refractivity contribution >= 4 is 17.4 Å². The molecule has 120 valence electrons. The maximum absolute atomic E-state index is 12.5. The largest absolute Gasteiger partial charge is 0.376 e. The van der Waals surface area contributed by atoms with Crippen molar-refractivity contribution in [2.45, 2.75) is 31.3 Å². The molecule has 1 aromatic carbocycles. The van der Waals surface area contributed by atoms with Gasteiger partial charge in [-0.2, -0.15) is 0 Å². The highest BCUT2D eigenvalue weighted by atomic mass is 16.2. The molecule has 2 fully saturated rings. The average molecular weight is 302 g/mol. The number of carbonyl (C=O) groups is 1. The van der Waals surface area contributed by atoms with E-state index in [9.17, 15) is 4.79 Å². The molecular formula is C17H26N4O. The van der Waals surface area contributed by atoms with Crippen LogP contribution in [0.15, 0.2) is 24.3 Å². The Labute approximate surface area is 132 Å². The number of rotatable bonds is 4. The molecule has 22 heavy (non-hydrogen) atoms. The van der Waals surface area contributed by atoms with Crippen molar-refractivity contribution in [1.29, 1.82) is 0 Å². The molecule has 2 aliphatic rings. The predicted octanol–water partition coefficient (Wildman–Crippen LogP) is 2.45. The first-order chi connectivity index (χ1) is 10.6. The lowest BCUT2D eigenvalue weighted by molar-refractivity contribution is 0.201. The fourth-order valence-corrected chi connectivity index (χ4v) is 3.19. The lowest BCUT2D eigenvalue weighted by Crippen LogP contribution is -2.41. The predicted molar refractivity (Wildman–Crippen MR) is 90.6 cm³/mol. The Balaban J connectivity index is 1.62. The summed E-state index contributed by atoms with van der Waals surface area (Å²) in [6, 6.07) is 9.00. The van der Waals surface area contributed by atoms with E-state index in [1.807, 2.05) is 55.2 Å². The van der Waals surface area contributed by atoms with Crippen LogP contribution < -0.4 is 10.2 Å². The van der Waals surface area contributed by atoms with Gasteiger partial charge in [-0.15, -0.1) is 0 Å². The van der Waals surface area contributed by atoms with Gasteiger partial charge in [-0.1, -0.05) is 12.1 Å². The SMILES string of the molecule is CN(C)c1ccccc1NC(=O)N(C)[C@@H]1CCN(C2CC2)C1. The van der Waals surface area contributed by atoms with E-state index in [-0.39, 0.29) is 6.03 Å². The van der Waals surface area contributed by atoms with Gasteiger partial charge >= 0.3 is 6.03 Å². The molecule has 1 heterocycles. The van der Waals surface area contributed by atoms with Crippen molar-refractivity contribution in [3.05, 3.63) is 24.3 Å². The average Bonchev–Trinajstić information content (AvgIpc) is 3.24. The molecule has 5 heteroatoms. The van der Waals surface area contributed by atoms with Crippen molar-refractivity contribution in [2.24, 2.45) is 0 Å². The second-order valence-corrected chi connectivity index (χ2v) is 6.62. The number of likely N-dealkylation sites (N-methyl/N-ethyl adjacent to an activating group) is 1. The molecule has 5 nitrogen and oxygen atoms in total. The number of benzene rings is 1. The summed E-state index contributed by atoms with van der Waals surface area (Å²) in [6.45, 7) is 2.14. The zero-order chi connectivity index (χ0) is 15.7. The molecule has 3 rings (SSSR count). The van der Waals surface area contributed by atoms with Crippen molar-refractivity contribution in [1.82, 2.24) is 9.80 Å². The summed E-state index contributed by atoms with van der Waals surface area (Å²) in [5.41, 5.74) is 1.89. The third-order valence-corrected chi connectivity index (χ3v) is 4.75. The van der Waals surface area contributed by atoms with Crippen LogP contribution in [-0.4, -0.2) is 62.1 Å². The molecule has 0 aromatic heterocycles. The first-order valence-corrected chi connectivity index (χ1v) is 8.10. The molecule has 0 bridgehead atoms. The molecule has 1 aliphatic carbocycles. The highest BCUT2D eigenvalue weighted by molar-refractivity contribution is 5.93. The summed E-state index contributed by atoms with van der Waals surface area (Å²) in [5.74, 6) is 0. The van der Waals surface area contributed by atoms with E-state index >= 15 is 0 Å². The highest BCUT2D eigenvalue weighted by Crippen LogP contribution is 2.31. The second kappa shape index (κ2) is 6.16. The number of amides is 2. The number of nitrogens with zero attached hydrogens (tertiary/aromatic N) is 3. The molecule has 0 radical (unpaired) electrons. The monoisotopic (exact) mass is 302 g/mol. The van der Waals surface area contributed by atoms with Gasteiger partial charge in [-0.3, -0.25) is 4.90 Å². The zero-order valence-electron chi connectivity index (χ0n) is 13.7. The Hall–Kier alpha value is -1.75. The van der Waals surface area contributed by atoms with Crippen LogP contribution in [0.25, 0.3) is 0 Å². The van der Waals surface area contributed by atoms with E-state index in [1.54, 1.807) is 0 Å². The van der Waals surface area contributed by atoms with Gasteiger partial charge in [0.15, 0.2) is 0 Å². The minimum Gasteiger partial charge on any atom is -0.376 e. The van der Waals surface area contributed by atoms with E-state index in [1.165, 1.54) is 12.8 Å². The molecular weight excluding hydrogens is 276 g/mol. The lowest BCUT2D eigenvalue weighted by atomic mass is 10.2. The van der Waals surface area contributed by atoms with Crippen LogP contribution in [0, 0.1) is 0 Å². The Bertz CT molecular complexity index is 541. The van der Waals surface area contributed by atoms with Gasteiger partial charge in [0.2, 0.25) is 0 Å². The fraction of sp³-hybridized carbons (Fsp3) is 0.588. The number of nitrogens with one attached hydrogen (secondary N) is 1. The standard InChI is InChI=1S/C17H26N4O/c1-19(2)16-7-5-4-6-15(16)18-17(22)20(3)14-10-11-21(12-14)13-8-9-13/h4-7,13-14H,8-12H2,1-3H3,(H,18,22)/t14-/m1/s1. The van der Waals surface area contributed by atoms with Crippen molar-refractivity contribution in [2.75, 3.05) is 44.4 Å². The van der Waals surface area contributed by atoms with Gasteiger partial charge in [0, 0.05) is 46.3 Å². The summed E-state index contributed by atoms with van der Waals surface area (Å²) in [5, 5.41) is 3.06. The second-order valence-electron chi connectivity index (χ2n) is 6.62. The van der Waals surface area contributed by atoms with E-state index in [0.29, 0.717) is 6.04 Å². The summed E-state index contributed by atoms with van der Waals surface area (Å²) >= 11 is 0. The number of hydrogen-bond acceptors (Lipinski definition) is 3. The number of hydrogen-bond donors (Lipinski definition) is 1. The van der Waals surface area contributed by atoms with Crippen LogP contribution in [-0.2, 0) is 0 Å². The first-order valence-electron chi connectivity index (χ1n) is 8.10. The summed E-state index contributed by atoms with van der Waals surface area (Å²) in [7, 11) is 5.88. The van der Waals surface area contributed by atoms with E-state index in [0.717, 1.165) is 36.9 Å². The smallest absolute Gasteiger partial charge is 0.321 e. The number of carbonyl (C=O) groups excluding carboxylic acids is 1. The van der Waals surface area contributed by atoms with Crippen molar-refractivity contribution in [3.8, 4) is 0 Å². The van der Waals surface area contributed by atoms with Crippen LogP contribution in [0.1, 0.15) is 19.3 Å². The fourth-order valence-electron chi connectivity index (χ4n) is 3.19. The topological polar surface area (TPSA) is 38.8 Å². The van der Waals surface area contributed by atoms with E-state index in [2.05, 4.69) is 10.2 Å². The van der Waals surface area contributed by atoms with Crippen LogP contribution in [0.4, 0.5) is 16.2 Å². The Morgan fingerprint density at radius 2 is 1.91 bits per heavy atom. The Morgan fingerprint density at radius 3 is 2.59 bits per heavy atom. The third kappa shape index (κ3) is 3.19. The number of likely N-dealkylation sites (tertiary alicyclic amines) is 1. The summed E-state index contributed by atoms with van der Waals surface area (Å²) in [4.78, 5) is 19.0. The van der Waals surface area contributed by atoms with Crippen LogP contribution in [0.5, 0.6) is 0 Å². The molecule has 0 unspecified atom stereocenters. The first kappa shape index (κ1) is 15.2. The molecule has 0 spiro atoms. The van der Waals surface area contributed by atoms with E-state index < -0.39 is 0 Å². The number of anilines is 2. The highest BCUT2D eigenvalue weighted by Gasteiger charge is 2.36. The maximum atomic E-state index is 12.5. The molecule has 1 aliphatic heterocycles. The quantitative estimate of drug-likeness (QED) is 0.928. The number of para-hydroxylation sites is 2. The van der Waals surface area contributed by atoms with Crippen LogP contribution >= 0.6 is 0 Å². The number of urea groups is 1. The van der Waals surface area contributed by atoms with Crippen LogP contribution in [0.3, 0.4) is 0 Å². The van der Waals surface area contributed by atoms with E-state index in [4.69, 9.17) is 0 Å². The third-order valence-electron chi connectivity index (χ3n) is 4.75. The molecule has 2 amide bonds. The van der Waals surface area contributed by atoms with Crippen molar-refractivity contribution in [3.63, 3.8) is 0 Å². The molecule has 1 saturated heterocycles. The molecule has 1 atom stereocenters. The zero-order valence-corrected chi connectivity index (χ0v) is 13.7. The Kier molecular flexibility index (Phi) is 4.25. The van der Waals surface area contributed by atoms with Gasteiger partial charge in [0.05, 0.1) is 11.4 Å². The maximum Gasteiger partial charge on any atom is 0.321 e. The normalized spacial score (nSPS) is 21.7. The van der Waals surface area contributed by atoms with Gasteiger partial charge in [0.1, 0.15) is 0 Å². The molecule has 1 saturated carbocycles. The Morgan fingerprint density at radius 1 is 1.18 bits per heavy atom.